The number of aromatic nitrogens is 2. The van der Waals surface area contributed by atoms with Crippen molar-refractivity contribution >= 4 is 16.7 Å². The van der Waals surface area contributed by atoms with Crippen molar-refractivity contribution in [1.29, 1.82) is 0 Å². The van der Waals surface area contributed by atoms with E-state index in [1.54, 1.807) is 0 Å². The smallest absolute Gasteiger partial charge is 0.110 e. The van der Waals surface area contributed by atoms with Crippen LogP contribution in [-0.4, -0.2) is 22.3 Å². The first-order valence-corrected chi connectivity index (χ1v) is 7.08. The first-order valence-electron chi connectivity index (χ1n) is 7.08. The minimum absolute atomic E-state index is 0.255. The minimum atomic E-state index is 0.255. The summed E-state index contributed by atoms with van der Waals surface area (Å²) in [5.74, 6) is 1.16. The topological polar surface area (TPSA) is 53.1 Å². The molecule has 0 bridgehead atoms. The maximum Gasteiger partial charge on any atom is 0.110 e. The maximum atomic E-state index is 5.86. The number of hydrogen-bond donors (Lipinski definition) is 1. The molecule has 2 heterocycles. The average molecular weight is 259 g/mol. The number of benzene rings is 1. The van der Waals surface area contributed by atoms with Crippen LogP contribution in [0.5, 0.6) is 0 Å². The zero-order valence-electron chi connectivity index (χ0n) is 11.6. The molecule has 2 unspecified atom stereocenters. The van der Waals surface area contributed by atoms with Crippen LogP contribution in [0.2, 0.25) is 0 Å². The molecule has 1 saturated heterocycles. The fourth-order valence-corrected chi connectivity index (χ4v) is 3.00. The predicted octanol–water partition coefficient (Wildman–Crippen LogP) is 2.92. The minimum Gasteiger partial charge on any atom is -0.399 e. The molecule has 2 N–H and O–H groups in total. The molecule has 0 aliphatic carbocycles. The lowest BCUT2D eigenvalue weighted by atomic mass is 10.1. The fraction of sp³-hybridized carbons (Fsp3) is 0.533. The third-order valence-corrected chi connectivity index (χ3v) is 3.93. The van der Waals surface area contributed by atoms with E-state index in [1.165, 1.54) is 5.52 Å². The molecule has 0 radical (unpaired) electrons. The van der Waals surface area contributed by atoms with Gasteiger partial charge >= 0.3 is 0 Å². The molecule has 2 aromatic rings. The molecule has 1 aromatic carbocycles. The van der Waals surface area contributed by atoms with Gasteiger partial charge in [-0.05, 0) is 38.0 Å². The summed E-state index contributed by atoms with van der Waals surface area (Å²) in [5.41, 5.74) is 8.82. The fourth-order valence-electron chi connectivity index (χ4n) is 3.00. The van der Waals surface area contributed by atoms with Crippen LogP contribution in [0.25, 0.3) is 11.0 Å². The molecule has 4 heteroatoms. The first kappa shape index (κ1) is 12.5. The molecular formula is C15H21N3O. The number of hydrogen-bond acceptors (Lipinski definition) is 3. The third kappa shape index (κ3) is 2.10. The van der Waals surface area contributed by atoms with Crippen LogP contribution in [0.4, 0.5) is 5.69 Å². The van der Waals surface area contributed by atoms with Crippen molar-refractivity contribution in [3.05, 3.63) is 24.0 Å². The van der Waals surface area contributed by atoms with E-state index in [2.05, 4.69) is 24.5 Å². The highest BCUT2D eigenvalue weighted by Gasteiger charge is 2.29. The molecule has 0 amide bonds. The maximum absolute atomic E-state index is 5.86. The number of anilines is 1. The van der Waals surface area contributed by atoms with E-state index in [-0.39, 0.29) is 6.10 Å². The summed E-state index contributed by atoms with van der Waals surface area (Å²) in [6, 6.07) is 6.40. The van der Waals surface area contributed by atoms with Gasteiger partial charge in [0, 0.05) is 18.7 Å². The highest BCUT2D eigenvalue weighted by molar-refractivity contribution is 5.79. The molecular weight excluding hydrogens is 238 g/mol. The second-order valence-corrected chi connectivity index (χ2v) is 5.33. The Morgan fingerprint density at radius 3 is 3.00 bits per heavy atom. The van der Waals surface area contributed by atoms with Crippen LogP contribution in [0.1, 0.15) is 38.6 Å². The van der Waals surface area contributed by atoms with Crippen LogP contribution in [-0.2, 0) is 11.2 Å². The van der Waals surface area contributed by atoms with Gasteiger partial charge in [-0.15, -0.1) is 0 Å². The Morgan fingerprint density at radius 2 is 2.32 bits per heavy atom. The van der Waals surface area contributed by atoms with Gasteiger partial charge < -0.3 is 15.0 Å². The monoisotopic (exact) mass is 259 g/mol. The van der Waals surface area contributed by atoms with Crippen molar-refractivity contribution in [3.8, 4) is 0 Å². The van der Waals surface area contributed by atoms with Gasteiger partial charge in [-0.25, -0.2) is 4.98 Å². The molecule has 4 nitrogen and oxygen atoms in total. The van der Waals surface area contributed by atoms with Crippen molar-refractivity contribution in [2.45, 2.75) is 45.3 Å². The van der Waals surface area contributed by atoms with Crippen LogP contribution >= 0.6 is 0 Å². The molecule has 2 atom stereocenters. The zero-order valence-corrected chi connectivity index (χ0v) is 11.6. The Bertz CT molecular complexity index is 590. The zero-order chi connectivity index (χ0) is 13.4. The SMILES string of the molecule is CCCc1nc2cc(N)ccc2n1C1CCOC1C. The van der Waals surface area contributed by atoms with Crippen molar-refractivity contribution < 1.29 is 4.74 Å². The number of rotatable bonds is 3. The van der Waals surface area contributed by atoms with Gasteiger partial charge in [0.2, 0.25) is 0 Å². The predicted molar refractivity (Wildman–Crippen MR) is 77.2 cm³/mol. The van der Waals surface area contributed by atoms with E-state index in [0.29, 0.717) is 6.04 Å². The van der Waals surface area contributed by atoms with Gasteiger partial charge in [-0.2, -0.15) is 0 Å². The summed E-state index contributed by atoms with van der Waals surface area (Å²) >= 11 is 0. The lowest BCUT2D eigenvalue weighted by Crippen LogP contribution is -2.19. The normalized spacial score (nSPS) is 23.3. The molecule has 102 valence electrons. The van der Waals surface area contributed by atoms with Gasteiger partial charge in [0.1, 0.15) is 5.82 Å². The quantitative estimate of drug-likeness (QED) is 0.862. The van der Waals surface area contributed by atoms with E-state index < -0.39 is 0 Å². The number of nitrogens with two attached hydrogens (primary N) is 1. The number of fused-ring (bicyclic) bond motifs is 1. The lowest BCUT2D eigenvalue weighted by Gasteiger charge is -2.19. The highest BCUT2D eigenvalue weighted by Crippen LogP contribution is 2.32. The van der Waals surface area contributed by atoms with E-state index >= 15 is 0 Å². The van der Waals surface area contributed by atoms with Crippen LogP contribution in [0, 0.1) is 0 Å². The average Bonchev–Trinajstić information content (AvgIpc) is 2.92. The van der Waals surface area contributed by atoms with Crippen molar-refractivity contribution in [2.24, 2.45) is 0 Å². The molecule has 1 aliphatic rings. The summed E-state index contributed by atoms with van der Waals surface area (Å²) in [6.45, 7) is 5.18. The lowest BCUT2D eigenvalue weighted by molar-refractivity contribution is 0.108. The van der Waals surface area contributed by atoms with Crippen LogP contribution in [0.15, 0.2) is 18.2 Å². The van der Waals surface area contributed by atoms with Gasteiger partial charge in [0.05, 0.1) is 23.2 Å². The van der Waals surface area contributed by atoms with Gasteiger partial charge in [0.25, 0.3) is 0 Å². The summed E-state index contributed by atoms with van der Waals surface area (Å²) < 4.78 is 8.09. The van der Waals surface area contributed by atoms with Gasteiger partial charge in [-0.1, -0.05) is 6.92 Å². The first-order chi connectivity index (χ1) is 9.20. The summed E-state index contributed by atoms with van der Waals surface area (Å²) in [4.78, 5) is 4.77. The van der Waals surface area contributed by atoms with Crippen molar-refractivity contribution in [2.75, 3.05) is 12.3 Å². The molecule has 1 aliphatic heterocycles. The highest BCUT2D eigenvalue weighted by atomic mass is 16.5. The second kappa shape index (κ2) is 4.85. The molecule has 1 fully saturated rings. The molecule has 3 rings (SSSR count). The van der Waals surface area contributed by atoms with E-state index in [4.69, 9.17) is 15.5 Å². The standard InChI is InChI=1S/C15H21N3O/c1-3-4-15-17-12-9-11(16)5-6-14(12)18(15)13-7-8-19-10(13)2/h5-6,9-10,13H,3-4,7-8,16H2,1-2H3. The molecule has 0 spiro atoms. The Hall–Kier alpha value is -1.55. The number of nitrogen functional groups attached to an aromatic ring is 1. The summed E-state index contributed by atoms with van der Waals surface area (Å²) in [7, 11) is 0. The van der Waals surface area contributed by atoms with Crippen LogP contribution < -0.4 is 5.73 Å². The Balaban J connectivity index is 2.16. The number of aryl methyl sites for hydroxylation is 1. The van der Waals surface area contributed by atoms with Crippen molar-refractivity contribution in [1.82, 2.24) is 9.55 Å². The summed E-state index contributed by atoms with van der Waals surface area (Å²) in [5, 5.41) is 0. The van der Waals surface area contributed by atoms with E-state index in [9.17, 15) is 0 Å². The Labute approximate surface area is 113 Å². The number of imidazole rings is 1. The second-order valence-electron chi connectivity index (χ2n) is 5.33. The van der Waals surface area contributed by atoms with Gasteiger partial charge in [0.15, 0.2) is 0 Å². The largest absolute Gasteiger partial charge is 0.399 e. The van der Waals surface area contributed by atoms with Gasteiger partial charge in [-0.3, -0.25) is 0 Å². The Kier molecular flexibility index (Phi) is 3.19. The number of ether oxygens (including phenoxy) is 1. The molecule has 0 saturated carbocycles. The van der Waals surface area contributed by atoms with E-state index in [1.807, 2.05) is 12.1 Å². The van der Waals surface area contributed by atoms with E-state index in [0.717, 1.165) is 42.9 Å². The summed E-state index contributed by atoms with van der Waals surface area (Å²) in [6.07, 6.45) is 3.41. The Morgan fingerprint density at radius 1 is 1.47 bits per heavy atom. The number of nitrogens with zero attached hydrogens (tertiary/aromatic N) is 2. The third-order valence-electron chi connectivity index (χ3n) is 3.93. The van der Waals surface area contributed by atoms with Crippen LogP contribution in [0.3, 0.4) is 0 Å². The molecule has 19 heavy (non-hydrogen) atoms. The molecule has 1 aromatic heterocycles. The van der Waals surface area contributed by atoms with Crippen molar-refractivity contribution in [3.63, 3.8) is 0 Å².